The highest BCUT2D eigenvalue weighted by Crippen LogP contribution is 2.23. The molecule has 1 aromatic carbocycles. The number of amides is 2. The first-order valence-electron chi connectivity index (χ1n) is 8.78. The normalized spacial score (nSPS) is 14.4. The van der Waals surface area contributed by atoms with Gasteiger partial charge in [-0.1, -0.05) is 29.3 Å². The minimum Gasteiger partial charge on any atom is -0.394 e. The van der Waals surface area contributed by atoms with E-state index in [9.17, 15) is 4.79 Å². The van der Waals surface area contributed by atoms with E-state index in [4.69, 9.17) is 28.3 Å². The molecule has 0 aliphatic carbocycles. The molecule has 3 rings (SSSR count). The number of carbonyl (C=O) groups is 1. The molecule has 2 aromatic rings. The molecular formula is C19H22Cl2N4O2. The van der Waals surface area contributed by atoms with Crippen LogP contribution >= 0.6 is 23.2 Å². The summed E-state index contributed by atoms with van der Waals surface area (Å²) in [7, 11) is 0. The summed E-state index contributed by atoms with van der Waals surface area (Å²) in [6.45, 7) is 3.46. The molecule has 27 heavy (non-hydrogen) atoms. The summed E-state index contributed by atoms with van der Waals surface area (Å²) in [6.07, 6.45) is 2.60. The van der Waals surface area contributed by atoms with Gasteiger partial charge in [0.1, 0.15) is 5.82 Å². The summed E-state index contributed by atoms with van der Waals surface area (Å²) in [5.41, 5.74) is 3.10. The molecule has 0 bridgehead atoms. The number of halogens is 2. The predicted octanol–water partition coefficient (Wildman–Crippen LogP) is 3.45. The van der Waals surface area contributed by atoms with Crippen LogP contribution in [0.2, 0.25) is 10.0 Å². The Hall–Kier alpha value is -2.02. The number of urea groups is 1. The number of carbonyl (C=O) groups excluding carboxylic acids is 1. The molecule has 2 heterocycles. The van der Waals surface area contributed by atoms with Crippen LogP contribution in [0.3, 0.4) is 0 Å². The van der Waals surface area contributed by atoms with E-state index in [1.165, 1.54) is 0 Å². The second-order valence-corrected chi connectivity index (χ2v) is 7.46. The smallest absolute Gasteiger partial charge is 0.317 e. The van der Waals surface area contributed by atoms with Gasteiger partial charge in [0.05, 0.1) is 16.7 Å². The van der Waals surface area contributed by atoms with Crippen molar-refractivity contribution in [2.24, 2.45) is 0 Å². The fraction of sp³-hybridized carbons (Fsp3) is 0.368. The van der Waals surface area contributed by atoms with Gasteiger partial charge in [0.15, 0.2) is 0 Å². The number of aliphatic hydroxyl groups excluding tert-OH is 1. The molecule has 0 fully saturated rings. The van der Waals surface area contributed by atoms with E-state index in [1.54, 1.807) is 17.0 Å². The summed E-state index contributed by atoms with van der Waals surface area (Å²) in [5.74, 6) is 0.702. The van der Waals surface area contributed by atoms with Crippen LogP contribution in [0, 0.1) is 0 Å². The topological polar surface area (TPSA) is 77.5 Å². The third-order valence-corrected chi connectivity index (χ3v) is 5.22. The largest absolute Gasteiger partial charge is 0.394 e. The van der Waals surface area contributed by atoms with E-state index in [0.717, 1.165) is 23.1 Å². The van der Waals surface area contributed by atoms with Crippen LogP contribution < -0.4 is 10.6 Å². The summed E-state index contributed by atoms with van der Waals surface area (Å²) in [6, 6.07) is 7.05. The van der Waals surface area contributed by atoms with Gasteiger partial charge in [-0.2, -0.15) is 0 Å². The molecule has 144 valence electrons. The van der Waals surface area contributed by atoms with E-state index in [-0.39, 0.29) is 18.7 Å². The number of rotatable bonds is 5. The van der Waals surface area contributed by atoms with Crippen LogP contribution in [0.15, 0.2) is 30.5 Å². The van der Waals surface area contributed by atoms with Crippen LogP contribution in [0.1, 0.15) is 23.6 Å². The maximum Gasteiger partial charge on any atom is 0.317 e. The first-order valence-corrected chi connectivity index (χ1v) is 9.53. The van der Waals surface area contributed by atoms with E-state index in [0.29, 0.717) is 35.5 Å². The average molecular weight is 409 g/mol. The van der Waals surface area contributed by atoms with Gasteiger partial charge >= 0.3 is 6.03 Å². The lowest BCUT2D eigenvalue weighted by Gasteiger charge is -2.29. The molecule has 0 spiro atoms. The van der Waals surface area contributed by atoms with Crippen molar-refractivity contribution in [3.8, 4) is 0 Å². The van der Waals surface area contributed by atoms with Gasteiger partial charge in [-0.05, 0) is 48.2 Å². The number of benzene rings is 1. The third-order valence-electron chi connectivity index (χ3n) is 4.48. The summed E-state index contributed by atoms with van der Waals surface area (Å²) in [5, 5.41) is 16.2. The van der Waals surface area contributed by atoms with Gasteiger partial charge in [-0.15, -0.1) is 0 Å². The fourth-order valence-electron chi connectivity index (χ4n) is 2.93. The van der Waals surface area contributed by atoms with Crippen LogP contribution in [-0.4, -0.2) is 40.2 Å². The number of pyridine rings is 1. The van der Waals surface area contributed by atoms with Crippen LogP contribution in [0.25, 0.3) is 0 Å². The number of hydrogen-bond donors (Lipinski definition) is 3. The average Bonchev–Trinajstić information content (AvgIpc) is 2.68. The molecule has 8 heteroatoms. The number of hydrogen-bond acceptors (Lipinski definition) is 4. The number of nitrogens with one attached hydrogen (secondary N) is 2. The van der Waals surface area contributed by atoms with E-state index < -0.39 is 0 Å². The van der Waals surface area contributed by atoms with Crippen molar-refractivity contribution in [2.75, 3.05) is 18.5 Å². The zero-order valence-electron chi connectivity index (χ0n) is 15.0. The fourth-order valence-corrected chi connectivity index (χ4v) is 3.25. The Morgan fingerprint density at radius 2 is 2.11 bits per heavy atom. The Morgan fingerprint density at radius 1 is 1.30 bits per heavy atom. The van der Waals surface area contributed by atoms with Crippen LogP contribution in [0.4, 0.5) is 10.6 Å². The monoisotopic (exact) mass is 408 g/mol. The molecule has 1 aliphatic heterocycles. The van der Waals surface area contributed by atoms with Crippen LogP contribution in [-0.2, 0) is 19.5 Å². The maximum atomic E-state index is 12.5. The Morgan fingerprint density at radius 3 is 2.85 bits per heavy atom. The van der Waals surface area contributed by atoms with Crippen molar-refractivity contribution in [3.63, 3.8) is 0 Å². The molecule has 0 unspecified atom stereocenters. The highest BCUT2D eigenvalue weighted by atomic mass is 35.5. The summed E-state index contributed by atoms with van der Waals surface area (Å²) in [4.78, 5) is 18.7. The minimum absolute atomic E-state index is 0.0298. The Kier molecular flexibility index (Phi) is 6.42. The molecule has 1 aliphatic rings. The lowest BCUT2D eigenvalue weighted by Crippen LogP contribution is -2.42. The summed E-state index contributed by atoms with van der Waals surface area (Å²) >= 11 is 11.9. The number of nitrogens with zero attached hydrogens (tertiary/aromatic N) is 2. The first-order chi connectivity index (χ1) is 13.0. The van der Waals surface area contributed by atoms with Crippen molar-refractivity contribution in [2.45, 2.75) is 32.5 Å². The highest BCUT2D eigenvalue weighted by molar-refractivity contribution is 6.42. The second kappa shape index (κ2) is 8.78. The van der Waals surface area contributed by atoms with Gasteiger partial charge in [0.25, 0.3) is 0 Å². The highest BCUT2D eigenvalue weighted by Gasteiger charge is 2.21. The molecule has 0 saturated heterocycles. The minimum atomic E-state index is -0.123. The molecule has 0 saturated carbocycles. The molecule has 1 atom stereocenters. The second-order valence-electron chi connectivity index (χ2n) is 6.64. The zero-order chi connectivity index (χ0) is 19.4. The van der Waals surface area contributed by atoms with Gasteiger partial charge in [-0.25, -0.2) is 9.78 Å². The molecule has 1 aromatic heterocycles. The van der Waals surface area contributed by atoms with Crippen molar-refractivity contribution in [1.82, 2.24) is 15.2 Å². The Labute approximate surface area is 168 Å². The lowest BCUT2D eigenvalue weighted by atomic mass is 10.0. The predicted molar refractivity (Wildman–Crippen MR) is 107 cm³/mol. The lowest BCUT2D eigenvalue weighted by molar-refractivity contribution is 0.192. The number of anilines is 1. The van der Waals surface area contributed by atoms with Crippen LogP contribution in [0.5, 0.6) is 0 Å². The molecular weight excluding hydrogens is 387 g/mol. The SMILES string of the molecule is C[C@@H](CO)Nc1cc2c(cn1)CCN(C(=O)NCc1ccc(Cl)c(Cl)c1)C2. The number of aromatic nitrogens is 1. The quantitative estimate of drug-likeness (QED) is 0.707. The maximum absolute atomic E-state index is 12.5. The molecule has 6 nitrogen and oxygen atoms in total. The standard InChI is InChI=1S/C19H22Cl2N4O2/c1-12(11-26)24-18-7-15-10-25(5-4-14(15)9-22-18)19(27)23-8-13-2-3-16(20)17(21)6-13/h2-3,6-7,9,12,26H,4-5,8,10-11H2,1H3,(H,22,24)(H,23,27)/t12-/m0/s1. The van der Waals surface area contributed by atoms with E-state index >= 15 is 0 Å². The molecule has 2 amide bonds. The number of fused-ring (bicyclic) bond motifs is 1. The van der Waals surface area contributed by atoms with E-state index in [2.05, 4.69) is 15.6 Å². The Balaban J connectivity index is 1.61. The molecule has 0 radical (unpaired) electrons. The van der Waals surface area contributed by atoms with Crippen molar-refractivity contribution in [1.29, 1.82) is 0 Å². The first kappa shape index (κ1) is 19.7. The number of aliphatic hydroxyl groups is 1. The van der Waals surface area contributed by atoms with Crippen molar-refractivity contribution >= 4 is 35.1 Å². The van der Waals surface area contributed by atoms with Crippen molar-refractivity contribution < 1.29 is 9.90 Å². The van der Waals surface area contributed by atoms with Gasteiger partial charge in [0, 0.05) is 31.9 Å². The van der Waals surface area contributed by atoms with E-state index in [1.807, 2.05) is 25.3 Å². The molecule has 3 N–H and O–H groups in total. The van der Waals surface area contributed by atoms with Crippen molar-refractivity contribution in [3.05, 3.63) is 57.2 Å². The third kappa shape index (κ3) is 5.03. The Bertz CT molecular complexity index is 831. The van der Waals surface area contributed by atoms with Gasteiger partial charge in [0.2, 0.25) is 0 Å². The van der Waals surface area contributed by atoms with Gasteiger partial charge < -0.3 is 20.6 Å². The summed E-state index contributed by atoms with van der Waals surface area (Å²) < 4.78 is 0. The zero-order valence-corrected chi connectivity index (χ0v) is 16.5. The van der Waals surface area contributed by atoms with Gasteiger partial charge in [-0.3, -0.25) is 0 Å².